The van der Waals surface area contributed by atoms with Gasteiger partial charge in [0.25, 0.3) is 5.91 Å². The Morgan fingerprint density at radius 1 is 1.17 bits per heavy atom. The van der Waals surface area contributed by atoms with E-state index in [1.807, 2.05) is 34.8 Å². The number of rotatable bonds is 6. The van der Waals surface area contributed by atoms with Crippen molar-refractivity contribution in [1.82, 2.24) is 24.8 Å². The molecule has 4 rings (SSSR count). The first-order valence-corrected chi connectivity index (χ1v) is 11.0. The van der Waals surface area contributed by atoms with Crippen molar-refractivity contribution in [2.24, 2.45) is 0 Å². The molecule has 162 valence electrons. The minimum Gasteiger partial charge on any atom is -0.504 e. The molecule has 0 atom stereocenters. The first-order valence-electron chi connectivity index (χ1n) is 11.0. The summed E-state index contributed by atoms with van der Waals surface area (Å²) < 4.78 is 7.35. The first kappa shape index (κ1) is 20.7. The highest BCUT2D eigenvalue weighted by atomic mass is 16.5. The smallest absolute Gasteiger partial charge is 0.276 e. The fourth-order valence-electron chi connectivity index (χ4n) is 4.36. The molecular weight excluding hydrogens is 382 g/mol. The number of carbonyl (C=O) groups is 1. The third-order valence-electron chi connectivity index (χ3n) is 6.08. The van der Waals surface area contributed by atoms with Crippen molar-refractivity contribution in [1.29, 1.82) is 0 Å². The fourth-order valence-corrected chi connectivity index (χ4v) is 4.36. The normalized spacial score (nSPS) is 18.5. The number of phenolic OH excluding ortho intramolecular Hbond substituents is 1. The highest BCUT2D eigenvalue weighted by Crippen LogP contribution is 2.32. The van der Waals surface area contributed by atoms with E-state index in [-0.39, 0.29) is 17.7 Å². The van der Waals surface area contributed by atoms with Gasteiger partial charge in [0.05, 0.1) is 18.8 Å². The number of hydrogen-bond acceptors (Lipinski definition) is 6. The highest BCUT2D eigenvalue weighted by molar-refractivity contribution is 5.91. The van der Waals surface area contributed by atoms with Crippen LogP contribution >= 0.6 is 0 Å². The van der Waals surface area contributed by atoms with Gasteiger partial charge in [0.15, 0.2) is 17.2 Å². The molecule has 1 N–H and O–H groups in total. The number of phenols is 1. The lowest BCUT2D eigenvalue weighted by Crippen LogP contribution is -2.36. The van der Waals surface area contributed by atoms with Crippen LogP contribution in [-0.2, 0) is 6.54 Å². The molecule has 1 aromatic carbocycles. The summed E-state index contributed by atoms with van der Waals surface area (Å²) in [5, 5.41) is 18.8. The average molecular weight is 414 g/mol. The van der Waals surface area contributed by atoms with Crippen LogP contribution in [0.25, 0.3) is 0 Å². The largest absolute Gasteiger partial charge is 0.504 e. The Morgan fingerprint density at radius 3 is 2.67 bits per heavy atom. The Morgan fingerprint density at radius 2 is 1.93 bits per heavy atom. The number of amides is 1. The number of piperidine rings is 2. The van der Waals surface area contributed by atoms with E-state index in [4.69, 9.17) is 4.74 Å². The number of aromatic nitrogens is 3. The quantitative estimate of drug-likeness (QED) is 0.784. The Bertz CT molecular complexity index is 854. The highest BCUT2D eigenvalue weighted by Gasteiger charge is 2.25. The lowest BCUT2D eigenvalue weighted by atomic mass is 10.0. The Labute approximate surface area is 177 Å². The van der Waals surface area contributed by atoms with Crippen LogP contribution in [0.3, 0.4) is 0 Å². The molecule has 1 aromatic heterocycles. The summed E-state index contributed by atoms with van der Waals surface area (Å²) in [5.41, 5.74) is 1.34. The van der Waals surface area contributed by atoms with Crippen molar-refractivity contribution in [3.05, 3.63) is 35.7 Å². The molecule has 0 unspecified atom stereocenters. The number of carbonyl (C=O) groups excluding carboxylic acids is 1. The van der Waals surface area contributed by atoms with E-state index >= 15 is 0 Å². The van der Waals surface area contributed by atoms with Crippen molar-refractivity contribution in [3.8, 4) is 11.5 Å². The van der Waals surface area contributed by atoms with E-state index in [0.29, 0.717) is 24.6 Å². The van der Waals surface area contributed by atoms with Gasteiger partial charge in [-0.3, -0.25) is 9.69 Å². The molecule has 2 aliphatic heterocycles. The van der Waals surface area contributed by atoms with Crippen molar-refractivity contribution >= 4 is 5.91 Å². The Balaban J connectivity index is 1.32. The van der Waals surface area contributed by atoms with Gasteiger partial charge in [-0.15, -0.1) is 5.10 Å². The van der Waals surface area contributed by atoms with E-state index in [9.17, 15) is 9.90 Å². The molecule has 8 heteroatoms. The van der Waals surface area contributed by atoms with Crippen molar-refractivity contribution in [2.75, 3.05) is 32.8 Å². The predicted molar refractivity (Wildman–Crippen MR) is 113 cm³/mol. The number of para-hydroxylation sites is 1. The summed E-state index contributed by atoms with van der Waals surface area (Å²) in [6.07, 6.45) is 7.03. The summed E-state index contributed by atoms with van der Waals surface area (Å²) >= 11 is 0. The van der Waals surface area contributed by atoms with Gasteiger partial charge in [0.2, 0.25) is 0 Å². The van der Waals surface area contributed by atoms with E-state index in [0.717, 1.165) is 57.4 Å². The number of aromatic hydroxyl groups is 1. The van der Waals surface area contributed by atoms with Crippen LogP contribution in [0, 0.1) is 0 Å². The Hall–Kier alpha value is -2.61. The maximum absolute atomic E-state index is 12.6. The standard InChI is InChI=1S/C22H31N5O3/c1-2-30-20-8-6-7-17(21(20)28)15-25-13-9-18(10-14-25)27-16-19(23-24-27)22(29)26-11-4-3-5-12-26/h6-8,16,18,28H,2-5,9-15H2,1H3. The van der Waals surface area contributed by atoms with Crippen molar-refractivity contribution in [2.45, 2.75) is 51.6 Å². The number of nitrogens with zero attached hydrogens (tertiary/aromatic N) is 5. The van der Waals surface area contributed by atoms with Gasteiger partial charge in [-0.25, -0.2) is 4.68 Å². The molecule has 2 saturated heterocycles. The van der Waals surface area contributed by atoms with Crippen LogP contribution in [0.15, 0.2) is 24.4 Å². The summed E-state index contributed by atoms with van der Waals surface area (Å²) in [5.74, 6) is 0.778. The van der Waals surface area contributed by atoms with Gasteiger partial charge in [-0.1, -0.05) is 17.3 Å². The van der Waals surface area contributed by atoms with Gasteiger partial charge in [-0.2, -0.15) is 0 Å². The summed E-state index contributed by atoms with van der Waals surface area (Å²) in [7, 11) is 0. The molecule has 3 heterocycles. The predicted octanol–water partition coefficient (Wildman–Crippen LogP) is 2.85. The number of benzene rings is 1. The molecule has 8 nitrogen and oxygen atoms in total. The van der Waals surface area contributed by atoms with Crippen molar-refractivity contribution in [3.63, 3.8) is 0 Å². The molecule has 0 bridgehead atoms. The zero-order valence-electron chi connectivity index (χ0n) is 17.7. The van der Waals surface area contributed by atoms with Crippen LogP contribution in [0.2, 0.25) is 0 Å². The topological polar surface area (TPSA) is 83.7 Å². The van der Waals surface area contributed by atoms with Gasteiger partial charge < -0.3 is 14.7 Å². The zero-order chi connectivity index (χ0) is 20.9. The second kappa shape index (κ2) is 9.47. The average Bonchev–Trinajstić information content (AvgIpc) is 3.27. The first-order chi connectivity index (χ1) is 14.7. The molecule has 1 amide bonds. The second-order valence-corrected chi connectivity index (χ2v) is 8.14. The maximum atomic E-state index is 12.6. The monoisotopic (exact) mass is 413 g/mol. The molecule has 30 heavy (non-hydrogen) atoms. The molecule has 2 aromatic rings. The minimum absolute atomic E-state index is 0.00282. The Kier molecular flexibility index (Phi) is 6.52. The van der Waals surface area contributed by atoms with Crippen LogP contribution in [0.1, 0.15) is 61.1 Å². The van der Waals surface area contributed by atoms with Crippen LogP contribution in [0.5, 0.6) is 11.5 Å². The zero-order valence-corrected chi connectivity index (χ0v) is 17.7. The van der Waals surface area contributed by atoms with Crippen molar-refractivity contribution < 1.29 is 14.6 Å². The lowest BCUT2D eigenvalue weighted by Gasteiger charge is -2.32. The molecule has 2 aliphatic rings. The molecular formula is C22H31N5O3. The second-order valence-electron chi connectivity index (χ2n) is 8.14. The van der Waals surface area contributed by atoms with E-state index in [1.165, 1.54) is 6.42 Å². The van der Waals surface area contributed by atoms with E-state index in [2.05, 4.69) is 15.2 Å². The summed E-state index contributed by atoms with van der Waals surface area (Å²) in [4.78, 5) is 16.8. The van der Waals surface area contributed by atoms with Gasteiger partial charge >= 0.3 is 0 Å². The SMILES string of the molecule is CCOc1cccc(CN2CCC(n3cc(C(=O)N4CCCCC4)nn3)CC2)c1O. The van der Waals surface area contributed by atoms with Gasteiger partial charge in [0.1, 0.15) is 0 Å². The lowest BCUT2D eigenvalue weighted by molar-refractivity contribution is 0.0718. The molecule has 0 saturated carbocycles. The molecule has 2 fully saturated rings. The van der Waals surface area contributed by atoms with Crippen LogP contribution < -0.4 is 4.74 Å². The summed E-state index contributed by atoms with van der Waals surface area (Å²) in [6, 6.07) is 5.91. The fraction of sp³-hybridized carbons (Fsp3) is 0.591. The molecule has 0 aliphatic carbocycles. The third-order valence-corrected chi connectivity index (χ3v) is 6.08. The minimum atomic E-state index is 0.00282. The maximum Gasteiger partial charge on any atom is 0.276 e. The molecule has 0 radical (unpaired) electrons. The van der Waals surface area contributed by atoms with Crippen LogP contribution in [0.4, 0.5) is 0 Å². The third kappa shape index (κ3) is 4.59. The van der Waals surface area contributed by atoms with Gasteiger partial charge in [-0.05, 0) is 45.1 Å². The number of hydrogen-bond donors (Lipinski definition) is 1. The number of ether oxygens (including phenoxy) is 1. The van der Waals surface area contributed by atoms with E-state index < -0.39 is 0 Å². The van der Waals surface area contributed by atoms with Gasteiger partial charge in [0, 0.05) is 38.3 Å². The summed E-state index contributed by atoms with van der Waals surface area (Å²) in [6.45, 7) is 6.57. The van der Waals surface area contributed by atoms with E-state index in [1.54, 1.807) is 6.07 Å². The number of likely N-dealkylation sites (tertiary alicyclic amines) is 2. The van der Waals surface area contributed by atoms with Crippen LogP contribution in [-0.4, -0.2) is 68.6 Å². The molecule has 0 spiro atoms.